The molecule has 0 saturated heterocycles. The minimum absolute atomic E-state index is 0.0471. The highest BCUT2D eigenvalue weighted by atomic mass is 19.4. The number of hydrogen-bond donors (Lipinski definition) is 1. The molecule has 0 spiro atoms. The second-order valence-corrected chi connectivity index (χ2v) is 6.22. The van der Waals surface area contributed by atoms with Crippen molar-refractivity contribution in [2.75, 3.05) is 0 Å². The Hall–Kier alpha value is -2.21. The molecule has 0 amide bonds. The quantitative estimate of drug-likeness (QED) is 0.849. The van der Waals surface area contributed by atoms with Crippen molar-refractivity contribution < 1.29 is 18.9 Å². The summed E-state index contributed by atoms with van der Waals surface area (Å²) in [6.07, 6.45) is 1.90. The van der Waals surface area contributed by atoms with E-state index < -0.39 is 11.0 Å². The topological polar surface area (TPSA) is 42.2 Å². The molecule has 0 unspecified atom stereocenters. The molecule has 0 radical (unpaired) electrons. The predicted octanol–water partition coefficient (Wildman–Crippen LogP) is 4.18. The first kappa shape index (κ1) is 15.7. The molecule has 6 heteroatoms. The number of carbonyl (C=O) groups is 1. The Kier molecular flexibility index (Phi) is 3.33. The van der Waals surface area contributed by atoms with Crippen LogP contribution >= 0.6 is 0 Å². The molecule has 1 N–H and O–H groups in total. The standard InChI is InChI=1S/C17H18F2N2O2/c1-9-7-11(3)17-15(9)13(5-6-14(22)23)16-10(2)8-12(4)20(16)21(17,18)19/h7-8H,5-6H2,1-4H3/p+1. The van der Waals surface area contributed by atoms with Crippen LogP contribution in [-0.2, 0) is 4.79 Å². The number of carboxylic acids is 1. The number of aryl methyl sites for hydroxylation is 2. The van der Waals surface area contributed by atoms with E-state index in [9.17, 15) is 4.79 Å². The first-order valence-electron chi connectivity index (χ1n) is 7.50. The molecule has 0 saturated carbocycles. The zero-order chi connectivity index (χ0) is 17.1. The first-order valence-corrected chi connectivity index (χ1v) is 7.50. The molecule has 0 bridgehead atoms. The van der Waals surface area contributed by atoms with Crippen molar-refractivity contribution in [3.8, 4) is 0 Å². The van der Waals surface area contributed by atoms with Gasteiger partial charge in [-0.1, -0.05) is 0 Å². The lowest BCUT2D eigenvalue weighted by atomic mass is 9.92. The molecule has 4 nitrogen and oxygen atoms in total. The highest BCUT2D eigenvalue weighted by Crippen LogP contribution is 2.48. The second kappa shape index (κ2) is 4.89. The molecule has 1 aliphatic heterocycles. The van der Waals surface area contributed by atoms with Crippen LogP contribution in [0.15, 0.2) is 34.6 Å². The van der Waals surface area contributed by atoms with E-state index in [-0.39, 0.29) is 18.5 Å². The Morgan fingerprint density at radius 1 is 1.26 bits per heavy atom. The van der Waals surface area contributed by atoms with Gasteiger partial charge in [0.25, 0.3) is 5.70 Å². The fourth-order valence-corrected chi connectivity index (χ4v) is 3.75. The highest BCUT2D eigenvalue weighted by Gasteiger charge is 2.53. The second-order valence-electron chi connectivity index (χ2n) is 6.22. The number of aliphatic carboxylic acids is 1. The predicted molar refractivity (Wildman–Crippen MR) is 83.9 cm³/mol. The SMILES string of the molecule is CC1=CC(C)=C2C1=C(CCC(=O)O)c1c(C)cc(C)n1[N+]2(F)F. The van der Waals surface area contributed by atoms with Gasteiger partial charge in [-0.25, -0.2) is 0 Å². The average molecular weight is 321 g/mol. The van der Waals surface area contributed by atoms with Gasteiger partial charge in [-0.3, -0.25) is 4.79 Å². The summed E-state index contributed by atoms with van der Waals surface area (Å²) in [5.41, 5.74) is 4.07. The summed E-state index contributed by atoms with van der Waals surface area (Å²) in [6.45, 7) is 6.90. The number of aromatic nitrogens is 1. The van der Waals surface area contributed by atoms with Gasteiger partial charge in [0.1, 0.15) is 5.69 Å². The van der Waals surface area contributed by atoms with Crippen molar-refractivity contribution in [2.24, 2.45) is 0 Å². The van der Waals surface area contributed by atoms with Gasteiger partial charge in [0, 0.05) is 12.0 Å². The third-order valence-electron chi connectivity index (χ3n) is 4.48. The molecule has 0 aromatic carbocycles. The summed E-state index contributed by atoms with van der Waals surface area (Å²) in [4.78, 5) is 11.0. The van der Waals surface area contributed by atoms with E-state index in [1.54, 1.807) is 39.8 Å². The van der Waals surface area contributed by atoms with Crippen LogP contribution in [0.3, 0.4) is 0 Å². The molecule has 122 valence electrons. The molecule has 2 heterocycles. The Morgan fingerprint density at radius 2 is 1.91 bits per heavy atom. The van der Waals surface area contributed by atoms with Gasteiger partial charge >= 0.3 is 5.97 Å². The minimum Gasteiger partial charge on any atom is -0.481 e. The molecule has 1 aliphatic carbocycles. The largest absolute Gasteiger partial charge is 0.481 e. The Bertz CT molecular complexity index is 826. The van der Waals surface area contributed by atoms with Crippen molar-refractivity contribution in [2.45, 2.75) is 40.5 Å². The maximum Gasteiger partial charge on any atom is 0.303 e. The third kappa shape index (κ3) is 2.09. The van der Waals surface area contributed by atoms with E-state index >= 15 is 8.96 Å². The molecule has 0 atom stereocenters. The van der Waals surface area contributed by atoms with E-state index in [1.165, 1.54) is 0 Å². The Labute approximate surface area is 133 Å². The molecular weight excluding hydrogens is 302 g/mol. The van der Waals surface area contributed by atoms with Crippen LogP contribution in [0, 0.1) is 13.8 Å². The summed E-state index contributed by atoms with van der Waals surface area (Å²) >= 11 is 0. The van der Waals surface area contributed by atoms with Crippen molar-refractivity contribution in [1.29, 1.82) is 0 Å². The Balaban J connectivity index is 2.34. The molecule has 2 aliphatic rings. The van der Waals surface area contributed by atoms with Gasteiger partial charge in [0.15, 0.2) is 5.04 Å². The number of hydrogen-bond acceptors (Lipinski definition) is 1. The monoisotopic (exact) mass is 321 g/mol. The molecule has 3 rings (SSSR count). The molecular formula is C17H19F2N2O2+. The third-order valence-corrected chi connectivity index (χ3v) is 4.48. The van der Waals surface area contributed by atoms with Crippen molar-refractivity contribution in [1.82, 2.24) is 9.71 Å². The van der Waals surface area contributed by atoms with Gasteiger partial charge in [0.05, 0.1) is 20.2 Å². The van der Waals surface area contributed by atoms with Crippen LogP contribution in [0.25, 0.3) is 5.57 Å². The summed E-state index contributed by atoms with van der Waals surface area (Å²) in [5.74, 6) is -0.931. The van der Waals surface area contributed by atoms with E-state index in [1.807, 2.05) is 0 Å². The van der Waals surface area contributed by atoms with Crippen molar-refractivity contribution >= 4 is 11.5 Å². The fraction of sp³-hybridized carbons (Fsp3) is 0.353. The molecule has 1 aromatic rings. The lowest BCUT2D eigenvalue weighted by molar-refractivity contribution is -0.202. The van der Waals surface area contributed by atoms with Crippen LogP contribution in [0.1, 0.15) is 43.6 Å². The van der Waals surface area contributed by atoms with Gasteiger partial charge in [0.2, 0.25) is 0 Å². The molecule has 0 fully saturated rings. The summed E-state index contributed by atoms with van der Waals surface area (Å²) in [5, 5.41) is 6.67. The minimum atomic E-state index is -2.35. The van der Waals surface area contributed by atoms with E-state index in [4.69, 9.17) is 5.11 Å². The number of allylic oxidation sites excluding steroid dienone is 4. The number of quaternary nitrogens is 1. The summed E-state index contributed by atoms with van der Waals surface area (Å²) in [7, 11) is 0. The highest BCUT2D eigenvalue weighted by molar-refractivity contribution is 5.84. The van der Waals surface area contributed by atoms with E-state index in [0.717, 1.165) is 15.8 Å². The van der Waals surface area contributed by atoms with Crippen LogP contribution in [0.4, 0.5) is 8.96 Å². The zero-order valence-electron chi connectivity index (χ0n) is 13.6. The van der Waals surface area contributed by atoms with E-state index in [0.29, 0.717) is 28.1 Å². The Morgan fingerprint density at radius 3 is 2.52 bits per heavy atom. The van der Waals surface area contributed by atoms with Crippen molar-refractivity contribution in [3.05, 3.63) is 51.5 Å². The van der Waals surface area contributed by atoms with Crippen LogP contribution in [0.5, 0.6) is 0 Å². The lowest BCUT2D eigenvalue weighted by Gasteiger charge is -2.28. The molecule has 1 aromatic heterocycles. The van der Waals surface area contributed by atoms with Gasteiger partial charge in [-0.15, -0.1) is 4.68 Å². The summed E-state index contributed by atoms with van der Waals surface area (Å²) in [6, 6.07) is 1.72. The van der Waals surface area contributed by atoms with Gasteiger partial charge < -0.3 is 5.11 Å². The zero-order valence-corrected chi connectivity index (χ0v) is 13.6. The number of halogens is 2. The fourth-order valence-electron chi connectivity index (χ4n) is 3.75. The normalized spacial score (nSPS) is 19.0. The van der Waals surface area contributed by atoms with Crippen LogP contribution in [-0.4, -0.2) is 15.8 Å². The van der Waals surface area contributed by atoms with Crippen molar-refractivity contribution in [3.63, 3.8) is 0 Å². The smallest absolute Gasteiger partial charge is 0.303 e. The van der Waals surface area contributed by atoms with Gasteiger partial charge in [-0.05, 0) is 63.0 Å². The maximum absolute atomic E-state index is 15.1. The maximum atomic E-state index is 15.1. The number of rotatable bonds is 3. The van der Waals surface area contributed by atoms with Gasteiger partial charge in [-0.2, -0.15) is 0 Å². The molecule has 23 heavy (non-hydrogen) atoms. The summed E-state index contributed by atoms with van der Waals surface area (Å²) < 4.78 is 31.2. The number of fused-ring (bicyclic) bond motifs is 2. The lowest BCUT2D eigenvalue weighted by Crippen LogP contribution is -2.46. The average Bonchev–Trinajstić information content (AvgIpc) is 2.88. The number of carboxylic acid groups (broad SMARTS) is 1. The van der Waals surface area contributed by atoms with Crippen LogP contribution in [0.2, 0.25) is 0 Å². The number of nitrogens with zero attached hydrogens (tertiary/aromatic N) is 2. The first-order chi connectivity index (χ1) is 10.7. The van der Waals surface area contributed by atoms with E-state index in [2.05, 4.69) is 0 Å². The van der Waals surface area contributed by atoms with Crippen LogP contribution < -0.4 is 5.04 Å².